The topological polar surface area (TPSA) is 102 Å². The SMILES string of the molecule is Cc1cccc([N+](=O)[O-])c1NC(=O)CN1CCC(C)(CN)C1. The van der Waals surface area contributed by atoms with Crippen LogP contribution in [-0.4, -0.2) is 41.9 Å². The van der Waals surface area contributed by atoms with Gasteiger partial charge in [0.25, 0.3) is 5.69 Å². The number of nitrogens with zero attached hydrogens (tertiary/aromatic N) is 2. The Bertz CT molecular complexity index is 590. The van der Waals surface area contributed by atoms with Gasteiger partial charge in [0, 0.05) is 12.6 Å². The molecule has 1 aromatic carbocycles. The van der Waals surface area contributed by atoms with Gasteiger partial charge in [-0.2, -0.15) is 0 Å². The third-order valence-corrected chi connectivity index (χ3v) is 4.21. The molecule has 0 radical (unpaired) electrons. The minimum absolute atomic E-state index is 0.0505. The van der Waals surface area contributed by atoms with Crippen LogP contribution in [0.1, 0.15) is 18.9 Å². The Morgan fingerprint density at radius 2 is 2.27 bits per heavy atom. The van der Waals surface area contributed by atoms with Crippen LogP contribution in [0.2, 0.25) is 0 Å². The number of carbonyl (C=O) groups excluding carboxylic acids is 1. The molecule has 2 rings (SSSR count). The van der Waals surface area contributed by atoms with Gasteiger partial charge in [-0.15, -0.1) is 0 Å². The fraction of sp³-hybridized carbons (Fsp3) is 0.533. The normalized spacial score (nSPS) is 21.8. The number of carbonyl (C=O) groups is 1. The fourth-order valence-electron chi connectivity index (χ4n) is 2.78. The molecule has 0 aromatic heterocycles. The maximum absolute atomic E-state index is 12.2. The molecule has 1 unspecified atom stereocenters. The summed E-state index contributed by atoms with van der Waals surface area (Å²) in [6.07, 6.45) is 0.960. The summed E-state index contributed by atoms with van der Waals surface area (Å²) < 4.78 is 0. The summed E-state index contributed by atoms with van der Waals surface area (Å²) in [6.45, 7) is 6.25. The van der Waals surface area contributed by atoms with E-state index in [0.29, 0.717) is 12.1 Å². The third kappa shape index (κ3) is 3.61. The van der Waals surface area contributed by atoms with Crippen LogP contribution in [0.25, 0.3) is 0 Å². The Morgan fingerprint density at radius 1 is 1.55 bits per heavy atom. The number of nitrogens with two attached hydrogens (primary N) is 1. The largest absolute Gasteiger partial charge is 0.330 e. The zero-order valence-corrected chi connectivity index (χ0v) is 13.0. The maximum Gasteiger partial charge on any atom is 0.293 e. The van der Waals surface area contributed by atoms with E-state index in [9.17, 15) is 14.9 Å². The molecule has 0 aliphatic carbocycles. The minimum Gasteiger partial charge on any atom is -0.330 e. The van der Waals surface area contributed by atoms with E-state index in [1.54, 1.807) is 19.1 Å². The van der Waals surface area contributed by atoms with Gasteiger partial charge in [0.05, 0.1) is 11.5 Å². The highest BCUT2D eigenvalue weighted by molar-refractivity contribution is 5.95. The van der Waals surface area contributed by atoms with E-state index in [4.69, 9.17) is 5.73 Å². The number of nitro groups is 1. The van der Waals surface area contributed by atoms with Crippen molar-refractivity contribution < 1.29 is 9.72 Å². The van der Waals surface area contributed by atoms with E-state index in [1.165, 1.54) is 6.07 Å². The lowest BCUT2D eigenvalue weighted by Crippen LogP contribution is -2.35. The molecular formula is C15H22N4O3. The van der Waals surface area contributed by atoms with E-state index in [1.807, 2.05) is 4.90 Å². The molecule has 7 heteroatoms. The first-order valence-corrected chi connectivity index (χ1v) is 7.31. The van der Waals surface area contributed by atoms with Gasteiger partial charge in [-0.3, -0.25) is 19.8 Å². The molecule has 1 amide bonds. The number of nitrogens with one attached hydrogen (secondary N) is 1. The first-order valence-electron chi connectivity index (χ1n) is 7.31. The predicted molar refractivity (Wildman–Crippen MR) is 84.7 cm³/mol. The molecule has 1 aliphatic rings. The number of benzene rings is 1. The Kier molecular flexibility index (Phi) is 4.77. The molecule has 1 aliphatic heterocycles. The molecule has 7 nitrogen and oxygen atoms in total. The highest BCUT2D eigenvalue weighted by Gasteiger charge is 2.33. The standard InChI is InChI=1S/C15H22N4O3/c1-11-4-3-5-12(19(21)22)14(11)17-13(20)8-18-7-6-15(2,9-16)10-18/h3-5H,6-10,16H2,1-2H3,(H,17,20). The van der Waals surface area contributed by atoms with Crippen LogP contribution in [-0.2, 0) is 4.79 Å². The molecule has 1 atom stereocenters. The van der Waals surface area contributed by atoms with Gasteiger partial charge < -0.3 is 11.1 Å². The number of hydrogen-bond donors (Lipinski definition) is 2. The van der Waals surface area contributed by atoms with Crippen molar-refractivity contribution in [2.24, 2.45) is 11.1 Å². The summed E-state index contributed by atoms with van der Waals surface area (Å²) in [6, 6.07) is 4.74. The van der Waals surface area contributed by atoms with Gasteiger partial charge >= 0.3 is 0 Å². The minimum atomic E-state index is -0.482. The quantitative estimate of drug-likeness (QED) is 0.634. The van der Waals surface area contributed by atoms with Crippen molar-refractivity contribution in [2.45, 2.75) is 20.3 Å². The molecule has 1 aromatic rings. The van der Waals surface area contributed by atoms with E-state index in [0.717, 1.165) is 19.5 Å². The summed E-state index contributed by atoms with van der Waals surface area (Å²) in [4.78, 5) is 24.8. The van der Waals surface area contributed by atoms with Crippen molar-refractivity contribution in [1.29, 1.82) is 0 Å². The summed E-state index contributed by atoms with van der Waals surface area (Å²) >= 11 is 0. The molecule has 1 fully saturated rings. The van der Waals surface area contributed by atoms with Crippen molar-refractivity contribution in [3.8, 4) is 0 Å². The van der Waals surface area contributed by atoms with Crippen LogP contribution in [0.5, 0.6) is 0 Å². The van der Waals surface area contributed by atoms with Crippen LogP contribution in [0.4, 0.5) is 11.4 Å². The van der Waals surface area contributed by atoms with Crippen molar-refractivity contribution in [3.63, 3.8) is 0 Å². The smallest absolute Gasteiger partial charge is 0.293 e. The molecule has 1 saturated heterocycles. The Morgan fingerprint density at radius 3 is 2.86 bits per heavy atom. The predicted octanol–water partition coefficient (Wildman–Crippen LogP) is 1.51. The molecular weight excluding hydrogens is 284 g/mol. The molecule has 0 saturated carbocycles. The number of aryl methyl sites for hydroxylation is 1. The first kappa shape index (κ1) is 16.4. The Balaban J connectivity index is 2.03. The van der Waals surface area contributed by atoms with Gasteiger partial charge in [-0.1, -0.05) is 19.1 Å². The number of para-hydroxylation sites is 1. The molecule has 120 valence electrons. The number of hydrogen-bond acceptors (Lipinski definition) is 5. The second kappa shape index (κ2) is 6.41. The van der Waals surface area contributed by atoms with Crippen LogP contribution >= 0.6 is 0 Å². The van der Waals surface area contributed by atoms with Crippen LogP contribution in [0.3, 0.4) is 0 Å². The molecule has 22 heavy (non-hydrogen) atoms. The van der Waals surface area contributed by atoms with Gasteiger partial charge in [-0.25, -0.2) is 0 Å². The molecule has 3 N–H and O–H groups in total. The third-order valence-electron chi connectivity index (χ3n) is 4.21. The maximum atomic E-state index is 12.2. The number of nitro benzene ring substituents is 1. The Labute approximate surface area is 129 Å². The second-order valence-electron chi connectivity index (χ2n) is 6.25. The number of likely N-dealkylation sites (tertiary alicyclic amines) is 1. The van der Waals surface area contributed by atoms with Crippen LogP contribution < -0.4 is 11.1 Å². The van der Waals surface area contributed by atoms with Crippen LogP contribution in [0.15, 0.2) is 18.2 Å². The average Bonchev–Trinajstić information content (AvgIpc) is 2.83. The zero-order chi connectivity index (χ0) is 16.3. The monoisotopic (exact) mass is 306 g/mol. The van der Waals surface area contributed by atoms with E-state index < -0.39 is 4.92 Å². The summed E-state index contributed by atoms with van der Waals surface area (Å²) in [5.74, 6) is -0.237. The fourth-order valence-corrected chi connectivity index (χ4v) is 2.78. The van der Waals surface area contributed by atoms with Crippen molar-refractivity contribution in [1.82, 2.24) is 4.90 Å². The molecule has 0 spiro atoms. The lowest BCUT2D eigenvalue weighted by atomic mass is 9.90. The van der Waals surface area contributed by atoms with Crippen molar-refractivity contribution >= 4 is 17.3 Å². The van der Waals surface area contributed by atoms with Crippen LogP contribution in [0, 0.1) is 22.5 Å². The van der Waals surface area contributed by atoms with E-state index >= 15 is 0 Å². The highest BCUT2D eigenvalue weighted by atomic mass is 16.6. The number of amides is 1. The molecule has 0 bridgehead atoms. The Hall–Kier alpha value is -1.99. The highest BCUT2D eigenvalue weighted by Crippen LogP contribution is 2.29. The lowest BCUT2D eigenvalue weighted by molar-refractivity contribution is -0.384. The lowest BCUT2D eigenvalue weighted by Gasteiger charge is -2.22. The number of anilines is 1. The van der Waals surface area contributed by atoms with Crippen molar-refractivity contribution in [2.75, 3.05) is 31.5 Å². The average molecular weight is 306 g/mol. The van der Waals surface area contributed by atoms with Gasteiger partial charge in [-0.05, 0) is 37.4 Å². The summed E-state index contributed by atoms with van der Waals surface area (Å²) in [7, 11) is 0. The first-order chi connectivity index (χ1) is 10.3. The van der Waals surface area contributed by atoms with E-state index in [2.05, 4.69) is 12.2 Å². The summed E-state index contributed by atoms with van der Waals surface area (Å²) in [5, 5.41) is 13.7. The van der Waals surface area contributed by atoms with Gasteiger partial charge in [0.2, 0.25) is 5.91 Å². The second-order valence-corrected chi connectivity index (χ2v) is 6.25. The molecule has 1 heterocycles. The zero-order valence-electron chi connectivity index (χ0n) is 13.0. The van der Waals surface area contributed by atoms with Gasteiger partial charge in [0.1, 0.15) is 5.69 Å². The number of rotatable bonds is 5. The summed E-state index contributed by atoms with van der Waals surface area (Å²) in [5.41, 5.74) is 6.68. The van der Waals surface area contributed by atoms with Gasteiger partial charge in [0.15, 0.2) is 0 Å². The van der Waals surface area contributed by atoms with Crippen molar-refractivity contribution in [3.05, 3.63) is 33.9 Å². The van der Waals surface area contributed by atoms with E-state index in [-0.39, 0.29) is 29.2 Å².